The molecule has 0 amide bonds. The fourth-order valence-electron chi connectivity index (χ4n) is 1.82. The van der Waals surface area contributed by atoms with Gasteiger partial charge in [0, 0.05) is 12.5 Å². The summed E-state index contributed by atoms with van der Waals surface area (Å²) in [6, 6.07) is 9.98. The summed E-state index contributed by atoms with van der Waals surface area (Å²) >= 11 is 0. The Morgan fingerprint density at radius 3 is 2.94 bits per heavy atom. The van der Waals surface area contributed by atoms with Crippen LogP contribution < -0.4 is 5.73 Å². The molecule has 0 saturated heterocycles. The van der Waals surface area contributed by atoms with Crippen molar-refractivity contribution in [1.29, 1.82) is 0 Å². The third-order valence-corrected chi connectivity index (χ3v) is 2.76. The first-order valence-electron chi connectivity index (χ1n) is 5.88. The van der Waals surface area contributed by atoms with E-state index in [0.29, 0.717) is 19.0 Å². The van der Waals surface area contributed by atoms with Crippen LogP contribution in [0.25, 0.3) is 10.9 Å². The van der Waals surface area contributed by atoms with Gasteiger partial charge in [-0.05, 0) is 24.6 Å². The quantitative estimate of drug-likeness (QED) is 0.507. The van der Waals surface area contributed by atoms with E-state index in [2.05, 4.69) is 23.0 Å². The average molecular weight is 243 g/mol. The van der Waals surface area contributed by atoms with Crippen LogP contribution in [-0.4, -0.2) is 31.1 Å². The normalized spacial score (nSPS) is 12.0. The maximum atomic E-state index is 5.93. The molecule has 0 aliphatic heterocycles. The molecule has 0 radical (unpaired) electrons. The van der Waals surface area contributed by atoms with Crippen LogP contribution >= 0.6 is 0 Å². The predicted molar refractivity (Wildman–Crippen MR) is 73.9 cm³/mol. The number of benzene rings is 1. The molecule has 0 fully saturated rings. The molecule has 4 heteroatoms. The zero-order valence-electron chi connectivity index (χ0n) is 10.7. The first-order chi connectivity index (χ1) is 8.72. The minimum absolute atomic E-state index is 0.459. The van der Waals surface area contributed by atoms with Gasteiger partial charge in [-0.1, -0.05) is 18.2 Å². The van der Waals surface area contributed by atoms with Crippen LogP contribution in [0.1, 0.15) is 11.3 Å². The number of nitrogens with two attached hydrogens (primary N) is 1. The molecule has 1 aromatic heterocycles. The van der Waals surface area contributed by atoms with Crippen molar-refractivity contribution < 1.29 is 4.74 Å². The van der Waals surface area contributed by atoms with E-state index >= 15 is 0 Å². The second kappa shape index (κ2) is 5.60. The summed E-state index contributed by atoms with van der Waals surface area (Å²) in [4.78, 5) is 8.76. The van der Waals surface area contributed by atoms with E-state index in [1.165, 1.54) is 0 Å². The third kappa shape index (κ3) is 2.65. The Balaban J connectivity index is 2.37. The molecular weight excluding hydrogens is 226 g/mol. The highest BCUT2D eigenvalue weighted by molar-refractivity contribution is 5.98. The smallest absolute Gasteiger partial charge is 0.144 e. The van der Waals surface area contributed by atoms with Gasteiger partial charge in [0.2, 0.25) is 0 Å². The molecule has 1 heterocycles. The number of methoxy groups -OCH3 is 1. The lowest BCUT2D eigenvalue weighted by Crippen LogP contribution is -2.17. The Kier molecular flexibility index (Phi) is 3.89. The molecule has 18 heavy (non-hydrogen) atoms. The fourth-order valence-corrected chi connectivity index (χ4v) is 1.82. The van der Waals surface area contributed by atoms with Gasteiger partial charge in [-0.25, -0.2) is 4.98 Å². The Morgan fingerprint density at radius 2 is 2.17 bits per heavy atom. The number of pyridine rings is 1. The van der Waals surface area contributed by atoms with Crippen molar-refractivity contribution in [2.75, 3.05) is 20.3 Å². The second-order valence-corrected chi connectivity index (χ2v) is 4.10. The van der Waals surface area contributed by atoms with Crippen molar-refractivity contribution in [2.24, 2.45) is 10.7 Å². The molecule has 0 spiro atoms. The molecule has 2 N–H and O–H groups in total. The van der Waals surface area contributed by atoms with Crippen molar-refractivity contribution >= 4 is 16.7 Å². The molecular formula is C14H17N3O. The number of aryl methyl sites for hydroxylation is 1. The molecule has 0 unspecified atom stereocenters. The maximum absolute atomic E-state index is 5.93. The fraction of sp³-hybridized carbons (Fsp3) is 0.286. The molecule has 0 atom stereocenters. The van der Waals surface area contributed by atoms with Gasteiger partial charge < -0.3 is 10.5 Å². The average Bonchev–Trinajstić information content (AvgIpc) is 2.39. The Bertz CT molecular complexity index is 578. The van der Waals surface area contributed by atoms with Gasteiger partial charge in [-0.2, -0.15) is 0 Å². The number of ether oxygens (including phenoxy) is 1. The van der Waals surface area contributed by atoms with Gasteiger partial charge in [0.15, 0.2) is 0 Å². The van der Waals surface area contributed by atoms with E-state index in [0.717, 1.165) is 22.2 Å². The van der Waals surface area contributed by atoms with Crippen LogP contribution in [-0.2, 0) is 4.74 Å². The van der Waals surface area contributed by atoms with Gasteiger partial charge >= 0.3 is 0 Å². The van der Waals surface area contributed by atoms with Crippen LogP contribution in [0.15, 0.2) is 35.3 Å². The van der Waals surface area contributed by atoms with E-state index in [4.69, 9.17) is 10.5 Å². The van der Waals surface area contributed by atoms with Crippen molar-refractivity contribution in [3.05, 3.63) is 41.6 Å². The minimum atomic E-state index is 0.459. The van der Waals surface area contributed by atoms with Crippen LogP contribution in [0.2, 0.25) is 0 Å². The standard InChI is InChI=1S/C14H17N3O/c1-10-9-13(14(15)16-7-8-18-2)17-12-6-4-3-5-11(10)12/h3-6,9H,7-8H2,1-2H3,(H2,15,16). The number of hydrogen-bond donors (Lipinski definition) is 1. The molecule has 94 valence electrons. The zero-order valence-corrected chi connectivity index (χ0v) is 10.7. The Morgan fingerprint density at radius 1 is 1.39 bits per heavy atom. The van der Waals surface area contributed by atoms with Crippen molar-refractivity contribution in [3.63, 3.8) is 0 Å². The van der Waals surface area contributed by atoms with Gasteiger partial charge in [-0.3, -0.25) is 4.99 Å². The molecule has 2 rings (SSSR count). The molecule has 0 saturated carbocycles. The lowest BCUT2D eigenvalue weighted by molar-refractivity contribution is 0.208. The van der Waals surface area contributed by atoms with Crippen molar-refractivity contribution in [2.45, 2.75) is 6.92 Å². The topological polar surface area (TPSA) is 60.5 Å². The van der Waals surface area contributed by atoms with Gasteiger partial charge in [0.05, 0.1) is 18.7 Å². The molecule has 0 aliphatic carbocycles. The Labute approximate surface area is 107 Å². The number of aliphatic imine (C=N–C) groups is 1. The van der Waals surface area contributed by atoms with E-state index in [1.807, 2.05) is 24.3 Å². The summed E-state index contributed by atoms with van der Waals surface area (Å²) in [7, 11) is 1.64. The molecule has 1 aromatic carbocycles. The summed E-state index contributed by atoms with van der Waals surface area (Å²) in [5, 5.41) is 1.14. The third-order valence-electron chi connectivity index (χ3n) is 2.76. The summed E-state index contributed by atoms with van der Waals surface area (Å²) < 4.78 is 4.94. The number of rotatable bonds is 4. The van der Waals surface area contributed by atoms with E-state index in [9.17, 15) is 0 Å². The number of hydrogen-bond acceptors (Lipinski definition) is 3. The van der Waals surface area contributed by atoms with E-state index in [1.54, 1.807) is 7.11 Å². The predicted octanol–water partition coefficient (Wildman–Crippen LogP) is 1.89. The molecule has 0 bridgehead atoms. The van der Waals surface area contributed by atoms with Crippen LogP contribution in [0.3, 0.4) is 0 Å². The van der Waals surface area contributed by atoms with Crippen LogP contribution in [0.5, 0.6) is 0 Å². The van der Waals surface area contributed by atoms with E-state index in [-0.39, 0.29) is 0 Å². The molecule has 0 aliphatic rings. The van der Waals surface area contributed by atoms with Gasteiger partial charge in [0.1, 0.15) is 11.5 Å². The summed E-state index contributed by atoms with van der Waals surface area (Å²) in [5.41, 5.74) is 8.75. The van der Waals surface area contributed by atoms with Crippen LogP contribution in [0, 0.1) is 6.92 Å². The molecule has 4 nitrogen and oxygen atoms in total. The van der Waals surface area contributed by atoms with Crippen molar-refractivity contribution in [3.8, 4) is 0 Å². The monoisotopic (exact) mass is 243 g/mol. The highest BCUT2D eigenvalue weighted by atomic mass is 16.5. The number of aromatic nitrogens is 1. The summed E-state index contributed by atoms with van der Waals surface area (Å²) in [6.45, 7) is 3.17. The maximum Gasteiger partial charge on any atom is 0.144 e. The van der Waals surface area contributed by atoms with Crippen molar-refractivity contribution in [1.82, 2.24) is 4.98 Å². The van der Waals surface area contributed by atoms with Crippen LogP contribution in [0.4, 0.5) is 0 Å². The summed E-state index contributed by atoms with van der Waals surface area (Å²) in [5.74, 6) is 0.459. The van der Waals surface area contributed by atoms with Gasteiger partial charge in [0.25, 0.3) is 0 Å². The zero-order chi connectivity index (χ0) is 13.0. The van der Waals surface area contributed by atoms with E-state index < -0.39 is 0 Å². The number of para-hydroxylation sites is 1. The SMILES string of the molecule is COCCN=C(N)c1cc(C)c2ccccc2n1. The Hall–Kier alpha value is -1.94. The molecule has 2 aromatic rings. The number of nitrogens with zero attached hydrogens (tertiary/aromatic N) is 2. The lowest BCUT2D eigenvalue weighted by atomic mass is 10.1. The first kappa shape index (κ1) is 12.5. The summed E-state index contributed by atoms with van der Waals surface area (Å²) in [6.07, 6.45) is 0. The second-order valence-electron chi connectivity index (χ2n) is 4.10. The lowest BCUT2D eigenvalue weighted by Gasteiger charge is -2.06. The highest BCUT2D eigenvalue weighted by Gasteiger charge is 2.05. The van der Waals surface area contributed by atoms with Gasteiger partial charge in [-0.15, -0.1) is 0 Å². The minimum Gasteiger partial charge on any atom is -0.383 e. The number of fused-ring (bicyclic) bond motifs is 1. The first-order valence-corrected chi connectivity index (χ1v) is 5.88. The highest BCUT2D eigenvalue weighted by Crippen LogP contribution is 2.17. The number of amidine groups is 1. The largest absolute Gasteiger partial charge is 0.383 e.